The van der Waals surface area contributed by atoms with Crippen LogP contribution in [0.25, 0.3) is 5.69 Å². The third kappa shape index (κ3) is 4.70. The number of hydrogen-bond acceptors (Lipinski definition) is 7. The molecule has 0 spiro atoms. The summed E-state index contributed by atoms with van der Waals surface area (Å²) < 4.78 is 19.6. The molecule has 9 heteroatoms. The molecule has 0 saturated carbocycles. The summed E-state index contributed by atoms with van der Waals surface area (Å²) in [7, 11) is -2.78. The Morgan fingerprint density at radius 2 is 1.71 bits per heavy atom. The summed E-state index contributed by atoms with van der Waals surface area (Å²) in [6.45, 7) is 6.87. The average molecular weight is 494 g/mol. The highest BCUT2D eigenvalue weighted by atomic mass is 31.2. The number of para-hydroxylation sites is 2. The zero-order valence-electron chi connectivity index (χ0n) is 20.0. The van der Waals surface area contributed by atoms with E-state index in [2.05, 4.69) is 10.3 Å². The van der Waals surface area contributed by atoms with Crippen LogP contribution in [0.1, 0.15) is 24.9 Å². The van der Waals surface area contributed by atoms with Gasteiger partial charge in [-0.25, -0.2) is 9.56 Å². The van der Waals surface area contributed by atoms with Crippen molar-refractivity contribution in [1.29, 1.82) is 0 Å². The van der Waals surface area contributed by atoms with Crippen molar-refractivity contribution in [3.8, 4) is 23.2 Å². The smallest absolute Gasteiger partial charge is 0.227 e. The number of benzene rings is 2. The van der Waals surface area contributed by atoms with Crippen LogP contribution in [0.15, 0.2) is 70.1 Å². The number of phenolic OH excluding ortho intramolecular Hbond substituents is 1. The molecule has 2 heterocycles. The largest absolute Gasteiger partial charge is 0.505 e. The first-order chi connectivity index (χ1) is 16.6. The van der Waals surface area contributed by atoms with Gasteiger partial charge in [0.2, 0.25) is 11.8 Å². The van der Waals surface area contributed by atoms with E-state index < -0.39 is 7.14 Å². The third-order valence-electron chi connectivity index (χ3n) is 5.57. The van der Waals surface area contributed by atoms with Gasteiger partial charge in [-0.05, 0) is 63.1 Å². The van der Waals surface area contributed by atoms with E-state index in [9.17, 15) is 19.9 Å². The third-order valence-corrected chi connectivity index (χ3v) is 7.09. The van der Waals surface area contributed by atoms with Gasteiger partial charge in [0, 0.05) is 0 Å². The van der Waals surface area contributed by atoms with E-state index in [1.165, 1.54) is 4.57 Å². The topological polar surface area (TPSA) is 120 Å². The number of phenols is 1. The Kier molecular flexibility index (Phi) is 6.50. The van der Waals surface area contributed by atoms with E-state index >= 15 is 0 Å². The Morgan fingerprint density at radius 1 is 1.00 bits per heavy atom. The molecule has 0 aliphatic carbocycles. The highest BCUT2D eigenvalue weighted by Gasteiger charge is 2.26. The molecule has 0 amide bonds. The van der Waals surface area contributed by atoms with Crippen LogP contribution in [0.5, 0.6) is 17.5 Å². The molecule has 0 aliphatic rings. The van der Waals surface area contributed by atoms with Crippen LogP contribution >= 0.6 is 7.14 Å². The van der Waals surface area contributed by atoms with Gasteiger partial charge in [-0.15, -0.1) is 0 Å². The van der Waals surface area contributed by atoms with Crippen LogP contribution in [-0.2, 0) is 4.57 Å². The molecule has 4 rings (SSSR count). The second kappa shape index (κ2) is 9.39. The van der Waals surface area contributed by atoms with E-state index in [0.29, 0.717) is 28.9 Å². The molecule has 2 aromatic carbocycles. The van der Waals surface area contributed by atoms with E-state index in [1.54, 1.807) is 61.9 Å². The molecule has 0 atom stereocenters. The molecule has 0 unspecified atom stereocenters. The summed E-state index contributed by atoms with van der Waals surface area (Å²) in [4.78, 5) is 4.66. The maximum Gasteiger partial charge on any atom is 0.227 e. The van der Waals surface area contributed by atoms with Crippen molar-refractivity contribution in [2.75, 3.05) is 18.6 Å². The number of anilines is 2. The van der Waals surface area contributed by atoms with Crippen LogP contribution in [-0.4, -0.2) is 38.9 Å². The van der Waals surface area contributed by atoms with E-state index in [0.717, 1.165) is 5.76 Å². The predicted octanol–water partition coefficient (Wildman–Crippen LogP) is 6.02. The first-order valence-electron chi connectivity index (χ1n) is 11.1. The maximum atomic E-state index is 12.6. The number of aryl methyl sites for hydroxylation is 1. The summed E-state index contributed by atoms with van der Waals surface area (Å²) in [6, 6.07) is 17.3. The second-order valence-corrected chi connectivity index (χ2v) is 11.7. The number of aromatic nitrogens is 1. The quantitative estimate of drug-likeness (QED) is 0.142. The van der Waals surface area contributed by atoms with Gasteiger partial charge in [-0.3, -0.25) is 0 Å². The van der Waals surface area contributed by atoms with Crippen LogP contribution < -0.4 is 10.6 Å². The van der Waals surface area contributed by atoms with Crippen LogP contribution in [0.2, 0.25) is 0 Å². The van der Waals surface area contributed by atoms with Crippen molar-refractivity contribution in [3.63, 3.8) is 0 Å². The molecule has 4 N–H and O–H groups in total. The van der Waals surface area contributed by atoms with Gasteiger partial charge in [-0.2, -0.15) is 0 Å². The minimum Gasteiger partial charge on any atom is -0.505 e. The Bertz CT molecular complexity index is 1450. The maximum absolute atomic E-state index is 12.6. The van der Waals surface area contributed by atoms with Crippen LogP contribution in [0.3, 0.4) is 0 Å². The van der Waals surface area contributed by atoms with Crippen molar-refractivity contribution in [2.24, 2.45) is 4.99 Å². The average Bonchev–Trinajstić information content (AvgIpc) is 3.34. The lowest BCUT2D eigenvalue weighted by Crippen LogP contribution is -2.05. The molecule has 2 aromatic heterocycles. The molecule has 182 valence electrons. The van der Waals surface area contributed by atoms with Crippen molar-refractivity contribution in [2.45, 2.75) is 20.3 Å². The molecular formula is C26H28N3O5P. The van der Waals surface area contributed by atoms with Crippen molar-refractivity contribution < 1.29 is 24.3 Å². The standard InChI is InChI=1S/C26H28N3O5P/c1-5-18(20-15-14-16(2)34-20)27-22-23(26(32)29(25(22)31)17-10-7-6-8-11-17)28-19-12-9-13-21(24(19)30)35(3,4)33/h6-15,28,30-32H,5H2,1-4H3. The van der Waals surface area contributed by atoms with Gasteiger partial charge in [0.15, 0.2) is 5.69 Å². The summed E-state index contributed by atoms with van der Waals surface area (Å²) in [5.41, 5.74) is 1.44. The molecule has 35 heavy (non-hydrogen) atoms. The summed E-state index contributed by atoms with van der Waals surface area (Å²) in [5.74, 6) is 0.473. The molecule has 0 saturated heterocycles. The number of rotatable bonds is 7. The Hall–Kier alpha value is -3.90. The first-order valence-corrected chi connectivity index (χ1v) is 13.7. The summed E-state index contributed by atoms with van der Waals surface area (Å²) in [5, 5.41) is 36.5. The first kappa shape index (κ1) is 24.2. The monoisotopic (exact) mass is 493 g/mol. The Morgan fingerprint density at radius 3 is 2.31 bits per heavy atom. The van der Waals surface area contributed by atoms with E-state index in [4.69, 9.17) is 4.42 Å². The van der Waals surface area contributed by atoms with Gasteiger partial charge in [0.05, 0.1) is 22.4 Å². The molecule has 0 aliphatic heterocycles. The minimum absolute atomic E-state index is 0.0678. The molecular weight excluding hydrogens is 465 g/mol. The number of nitrogens with zero attached hydrogens (tertiary/aromatic N) is 2. The van der Waals surface area contributed by atoms with Gasteiger partial charge in [-0.1, -0.05) is 31.2 Å². The summed E-state index contributed by atoms with van der Waals surface area (Å²) >= 11 is 0. The fraction of sp³-hybridized carbons (Fsp3) is 0.192. The highest BCUT2D eigenvalue weighted by molar-refractivity contribution is 7.70. The van der Waals surface area contributed by atoms with Gasteiger partial charge in [0.1, 0.15) is 30.1 Å². The van der Waals surface area contributed by atoms with Crippen molar-refractivity contribution in [3.05, 3.63) is 72.2 Å². The van der Waals surface area contributed by atoms with Crippen molar-refractivity contribution >= 4 is 35.2 Å². The number of nitrogens with one attached hydrogen (secondary N) is 1. The van der Waals surface area contributed by atoms with E-state index in [-0.39, 0.29) is 34.6 Å². The zero-order chi connectivity index (χ0) is 25.3. The predicted molar refractivity (Wildman–Crippen MR) is 140 cm³/mol. The summed E-state index contributed by atoms with van der Waals surface area (Å²) in [6.07, 6.45) is 0.499. The number of aliphatic imine (C=N–C) groups is 1. The SMILES string of the molecule is CCC(=Nc1c(Nc2cccc(P(C)(C)=O)c2O)c(O)n(-c2ccccc2)c1O)c1ccc(C)o1. The molecule has 0 fully saturated rings. The molecule has 8 nitrogen and oxygen atoms in total. The van der Waals surface area contributed by atoms with Crippen LogP contribution in [0, 0.1) is 6.92 Å². The molecule has 0 bridgehead atoms. The lowest BCUT2D eigenvalue weighted by Gasteiger charge is -2.14. The Labute approximate surface area is 203 Å². The Balaban J connectivity index is 1.93. The van der Waals surface area contributed by atoms with Crippen molar-refractivity contribution in [1.82, 2.24) is 4.57 Å². The van der Waals surface area contributed by atoms with Gasteiger partial charge in [0.25, 0.3) is 0 Å². The lowest BCUT2D eigenvalue weighted by molar-refractivity contribution is 0.404. The highest BCUT2D eigenvalue weighted by Crippen LogP contribution is 2.50. The van der Waals surface area contributed by atoms with Gasteiger partial charge >= 0.3 is 0 Å². The lowest BCUT2D eigenvalue weighted by atomic mass is 10.2. The molecule has 4 aromatic rings. The fourth-order valence-corrected chi connectivity index (χ4v) is 4.89. The van der Waals surface area contributed by atoms with Crippen LogP contribution in [0.4, 0.5) is 17.1 Å². The molecule has 0 radical (unpaired) electrons. The zero-order valence-corrected chi connectivity index (χ0v) is 20.9. The number of aromatic hydroxyl groups is 3. The van der Waals surface area contributed by atoms with Gasteiger partial charge < -0.3 is 29.6 Å². The number of hydrogen-bond donors (Lipinski definition) is 4. The number of furan rings is 1. The normalized spacial score (nSPS) is 12.2. The minimum atomic E-state index is -2.78. The second-order valence-electron chi connectivity index (χ2n) is 8.51. The fourth-order valence-electron chi connectivity index (χ4n) is 3.81. The van der Waals surface area contributed by atoms with E-state index in [1.807, 2.05) is 26.0 Å².